The third-order valence-electron chi connectivity index (χ3n) is 5.08. The number of nitrogens with zero attached hydrogens (tertiary/aromatic N) is 4. The van der Waals surface area contributed by atoms with Crippen LogP contribution in [0.15, 0.2) is 48.9 Å². The van der Waals surface area contributed by atoms with Gasteiger partial charge in [0.05, 0.1) is 11.3 Å². The second-order valence-electron chi connectivity index (χ2n) is 6.93. The Morgan fingerprint density at radius 1 is 1.19 bits per heavy atom. The van der Waals surface area contributed by atoms with Crippen LogP contribution in [-0.2, 0) is 28.7 Å². The van der Waals surface area contributed by atoms with Crippen molar-refractivity contribution in [3.8, 4) is 0 Å². The highest BCUT2D eigenvalue weighted by atomic mass is 32.2. The summed E-state index contributed by atoms with van der Waals surface area (Å²) in [6, 6.07) is 9.50. The van der Waals surface area contributed by atoms with Gasteiger partial charge in [-0.3, -0.25) is 4.98 Å². The Morgan fingerprint density at radius 3 is 2.92 bits per heavy atom. The molecule has 3 heterocycles. The highest BCUT2D eigenvalue weighted by Gasteiger charge is 2.26. The molecule has 0 amide bonds. The molecule has 0 N–H and O–H groups in total. The third-order valence-corrected chi connectivity index (χ3v) is 6.85. The zero-order valence-corrected chi connectivity index (χ0v) is 15.6. The lowest BCUT2D eigenvalue weighted by Crippen LogP contribution is -2.36. The number of hydrogen-bond donors (Lipinski definition) is 0. The Morgan fingerprint density at radius 2 is 2.04 bits per heavy atom. The van der Waals surface area contributed by atoms with Crippen molar-refractivity contribution in [2.24, 2.45) is 5.92 Å². The predicted octanol–water partition coefficient (Wildman–Crippen LogP) is 2.46. The number of hydrogen-bond acceptors (Lipinski definition) is 4. The molecule has 0 saturated carbocycles. The summed E-state index contributed by atoms with van der Waals surface area (Å²) in [4.78, 5) is 8.69. The first-order valence-corrected chi connectivity index (χ1v) is 10.4. The molecule has 1 atom stereocenters. The van der Waals surface area contributed by atoms with Crippen LogP contribution in [0, 0.1) is 5.92 Å². The fourth-order valence-electron chi connectivity index (χ4n) is 3.65. The summed E-state index contributed by atoms with van der Waals surface area (Å²) in [5.74, 6) is 1.37. The predicted molar refractivity (Wildman–Crippen MR) is 101 cm³/mol. The number of para-hydroxylation sites is 1. The lowest BCUT2D eigenvalue weighted by molar-refractivity contribution is 0.303. The van der Waals surface area contributed by atoms with Crippen LogP contribution in [0.25, 0.3) is 10.9 Å². The van der Waals surface area contributed by atoms with E-state index in [1.165, 1.54) is 4.31 Å². The SMILES string of the molecule is CN(C[C@@H]1CCc2nccn2C1)S(=O)(=O)Cc1cccc2cccnc12. The molecule has 0 bridgehead atoms. The first kappa shape index (κ1) is 17.2. The molecule has 0 fully saturated rings. The first-order chi connectivity index (χ1) is 12.5. The topological polar surface area (TPSA) is 68.1 Å². The van der Waals surface area contributed by atoms with E-state index in [-0.39, 0.29) is 5.75 Å². The molecule has 6 nitrogen and oxygen atoms in total. The quantitative estimate of drug-likeness (QED) is 0.692. The van der Waals surface area contributed by atoms with E-state index in [4.69, 9.17) is 0 Å². The van der Waals surface area contributed by atoms with E-state index in [1.54, 1.807) is 13.2 Å². The molecule has 4 rings (SSSR count). The maximum absolute atomic E-state index is 12.9. The monoisotopic (exact) mass is 370 g/mol. The van der Waals surface area contributed by atoms with E-state index >= 15 is 0 Å². The van der Waals surface area contributed by atoms with Gasteiger partial charge < -0.3 is 4.57 Å². The van der Waals surface area contributed by atoms with Crippen LogP contribution in [0.3, 0.4) is 0 Å². The number of pyridine rings is 1. The summed E-state index contributed by atoms with van der Waals surface area (Å²) in [5, 5.41) is 0.961. The van der Waals surface area contributed by atoms with Crippen molar-refractivity contribution in [1.29, 1.82) is 0 Å². The van der Waals surface area contributed by atoms with E-state index in [1.807, 2.05) is 42.7 Å². The fourth-order valence-corrected chi connectivity index (χ4v) is 4.94. The number of benzene rings is 1. The Kier molecular flexibility index (Phi) is 4.50. The molecule has 0 saturated heterocycles. The third kappa shape index (κ3) is 3.37. The standard InChI is InChI=1S/C19H22N4O2S/c1-22(12-15-7-8-18-20-10-11-23(18)13-15)26(24,25)14-17-5-2-4-16-6-3-9-21-19(16)17/h2-6,9-11,15H,7-8,12-14H2,1H3/t15-/m0/s1. The molecular weight excluding hydrogens is 348 g/mol. The molecule has 1 aliphatic heterocycles. The number of fused-ring (bicyclic) bond motifs is 2. The van der Waals surface area contributed by atoms with Crippen molar-refractivity contribution in [3.63, 3.8) is 0 Å². The van der Waals surface area contributed by atoms with Crippen molar-refractivity contribution in [3.05, 3.63) is 60.3 Å². The highest BCUT2D eigenvalue weighted by Crippen LogP contribution is 2.23. The van der Waals surface area contributed by atoms with Crippen LogP contribution in [0.1, 0.15) is 17.8 Å². The molecule has 0 aliphatic carbocycles. The Balaban J connectivity index is 1.49. The van der Waals surface area contributed by atoms with E-state index in [0.29, 0.717) is 12.5 Å². The number of imidazole rings is 1. The van der Waals surface area contributed by atoms with Gasteiger partial charge in [-0.05, 0) is 24.0 Å². The molecule has 3 aromatic rings. The van der Waals surface area contributed by atoms with Gasteiger partial charge >= 0.3 is 0 Å². The smallest absolute Gasteiger partial charge is 0.218 e. The summed E-state index contributed by atoms with van der Waals surface area (Å²) in [6.45, 7) is 1.35. The minimum absolute atomic E-state index is 0.0269. The average molecular weight is 370 g/mol. The first-order valence-electron chi connectivity index (χ1n) is 8.79. The van der Waals surface area contributed by atoms with Crippen LogP contribution >= 0.6 is 0 Å². The summed E-state index contributed by atoms with van der Waals surface area (Å²) >= 11 is 0. The summed E-state index contributed by atoms with van der Waals surface area (Å²) in [5.41, 5.74) is 1.50. The van der Waals surface area contributed by atoms with E-state index in [2.05, 4.69) is 14.5 Å². The number of sulfonamides is 1. The van der Waals surface area contributed by atoms with Gasteiger partial charge in [-0.2, -0.15) is 0 Å². The van der Waals surface area contributed by atoms with E-state index < -0.39 is 10.0 Å². The van der Waals surface area contributed by atoms with Crippen LogP contribution in [0.4, 0.5) is 0 Å². The zero-order chi connectivity index (χ0) is 18.1. The van der Waals surface area contributed by atoms with Gasteiger partial charge in [0.1, 0.15) is 5.82 Å². The molecule has 136 valence electrons. The zero-order valence-electron chi connectivity index (χ0n) is 14.7. The van der Waals surface area contributed by atoms with Crippen LogP contribution in [0.2, 0.25) is 0 Å². The van der Waals surface area contributed by atoms with Gasteiger partial charge in [0.15, 0.2) is 0 Å². The molecule has 0 radical (unpaired) electrons. The molecule has 1 aliphatic rings. The van der Waals surface area contributed by atoms with E-state index in [9.17, 15) is 8.42 Å². The Labute approximate surface area is 153 Å². The van der Waals surface area contributed by atoms with Crippen molar-refractivity contribution in [2.75, 3.05) is 13.6 Å². The second-order valence-corrected chi connectivity index (χ2v) is 9.01. The number of aryl methyl sites for hydroxylation is 1. The van der Waals surface area contributed by atoms with Gasteiger partial charge in [0, 0.05) is 50.5 Å². The molecule has 0 spiro atoms. The van der Waals surface area contributed by atoms with Gasteiger partial charge in [0.25, 0.3) is 0 Å². The van der Waals surface area contributed by atoms with Crippen molar-refractivity contribution < 1.29 is 8.42 Å². The maximum Gasteiger partial charge on any atom is 0.218 e. The highest BCUT2D eigenvalue weighted by molar-refractivity contribution is 7.88. The molecule has 7 heteroatoms. The van der Waals surface area contributed by atoms with Crippen molar-refractivity contribution in [1.82, 2.24) is 18.8 Å². The molecular formula is C19H22N4O2S. The van der Waals surface area contributed by atoms with Crippen LogP contribution < -0.4 is 0 Å². The lowest BCUT2D eigenvalue weighted by atomic mass is 10.00. The Hall–Kier alpha value is -2.25. The molecule has 1 aromatic carbocycles. The van der Waals surface area contributed by atoms with Gasteiger partial charge in [-0.1, -0.05) is 24.3 Å². The van der Waals surface area contributed by atoms with Gasteiger partial charge in [0.2, 0.25) is 10.0 Å². The summed E-state index contributed by atoms with van der Waals surface area (Å²) < 4.78 is 29.4. The largest absolute Gasteiger partial charge is 0.335 e. The normalized spacial score (nSPS) is 17.5. The minimum atomic E-state index is -3.40. The minimum Gasteiger partial charge on any atom is -0.335 e. The van der Waals surface area contributed by atoms with Crippen LogP contribution in [0.5, 0.6) is 0 Å². The molecule has 0 unspecified atom stereocenters. The lowest BCUT2D eigenvalue weighted by Gasteiger charge is -2.27. The second kappa shape index (κ2) is 6.81. The molecule has 26 heavy (non-hydrogen) atoms. The van der Waals surface area contributed by atoms with Crippen LogP contribution in [-0.4, -0.2) is 40.9 Å². The Bertz CT molecular complexity index is 1020. The van der Waals surface area contributed by atoms with E-state index in [0.717, 1.165) is 41.7 Å². The maximum atomic E-state index is 12.9. The average Bonchev–Trinajstić information content (AvgIpc) is 3.09. The summed E-state index contributed by atoms with van der Waals surface area (Å²) in [6.07, 6.45) is 7.35. The summed E-state index contributed by atoms with van der Waals surface area (Å²) in [7, 11) is -1.72. The molecule has 2 aromatic heterocycles. The number of aromatic nitrogens is 3. The van der Waals surface area contributed by atoms with Crippen molar-refractivity contribution in [2.45, 2.75) is 25.1 Å². The van der Waals surface area contributed by atoms with Crippen molar-refractivity contribution >= 4 is 20.9 Å². The van der Waals surface area contributed by atoms with Gasteiger partial charge in [-0.15, -0.1) is 0 Å². The fraction of sp³-hybridized carbons (Fsp3) is 0.368. The van der Waals surface area contributed by atoms with Gasteiger partial charge in [-0.25, -0.2) is 17.7 Å². The number of rotatable bonds is 5.